The first-order valence-corrected chi connectivity index (χ1v) is 8.97. The normalized spacial score (nSPS) is 10.9. The molecule has 3 aromatic heterocycles. The van der Waals surface area contributed by atoms with Crippen molar-refractivity contribution in [3.05, 3.63) is 64.0 Å². The van der Waals surface area contributed by atoms with E-state index in [4.69, 9.17) is 4.74 Å². The van der Waals surface area contributed by atoms with Crippen molar-refractivity contribution in [2.45, 2.75) is 6.42 Å². The maximum Gasteiger partial charge on any atom is 0.290 e. The number of ether oxygens (including phenoxy) is 1. The van der Waals surface area contributed by atoms with Crippen molar-refractivity contribution in [1.82, 2.24) is 19.8 Å². The molecule has 0 atom stereocenters. The Hall–Kier alpha value is -3.46. The predicted molar refractivity (Wildman–Crippen MR) is 102 cm³/mol. The minimum absolute atomic E-state index is 0.0368. The Morgan fingerprint density at radius 1 is 1.30 bits per heavy atom. The maximum absolute atomic E-state index is 12.4. The molecule has 9 heteroatoms. The van der Waals surface area contributed by atoms with Gasteiger partial charge in [-0.25, -0.2) is 9.61 Å². The van der Waals surface area contributed by atoms with E-state index < -0.39 is 0 Å². The molecule has 8 nitrogen and oxygen atoms in total. The summed E-state index contributed by atoms with van der Waals surface area (Å²) in [5, 5.41) is 15.6. The molecule has 0 aliphatic carbocycles. The molecule has 2 N–H and O–H groups in total. The molecule has 4 aromatic rings. The average molecular weight is 381 g/mol. The first kappa shape index (κ1) is 17.0. The number of hydrogen-bond donors (Lipinski definition) is 2. The van der Waals surface area contributed by atoms with E-state index in [0.29, 0.717) is 28.5 Å². The summed E-state index contributed by atoms with van der Waals surface area (Å²) in [5.74, 6) is 0.780. The second kappa shape index (κ2) is 7.04. The van der Waals surface area contributed by atoms with Crippen LogP contribution in [0.2, 0.25) is 0 Å². The molecule has 0 unspecified atom stereocenters. The van der Waals surface area contributed by atoms with Gasteiger partial charge in [0.05, 0.1) is 18.4 Å². The summed E-state index contributed by atoms with van der Waals surface area (Å²) in [6.45, 7) is 0. The molecule has 0 saturated heterocycles. The number of nitrogens with zero attached hydrogens (tertiary/aromatic N) is 3. The van der Waals surface area contributed by atoms with Gasteiger partial charge in [0.1, 0.15) is 17.0 Å². The number of amides is 1. The molecule has 136 valence electrons. The van der Waals surface area contributed by atoms with Crippen LogP contribution in [0.1, 0.15) is 5.82 Å². The molecule has 0 radical (unpaired) electrons. The highest BCUT2D eigenvalue weighted by molar-refractivity contribution is 7.13. The zero-order valence-corrected chi connectivity index (χ0v) is 15.1. The number of aromatic nitrogens is 4. The van der Waals surface area contributed by atoms with Gasteiger partial charge in [-0.3, -0.25) is 9.59 Å². The number of rotatable bonds is 5. The molecule has 27 heavy (non-hydrogen) atoms. The Balaban J connectivity index is 1.60. The van der Waals surface area contributed by atoms with E-state index in [1.54, 1.807) is 37.4 Å². The van der Waals surface area contributed by atoms with Gasteiger partial charge in [0, 0.05) is 5.69 Å². The van der Waals surface area contributed by atoms with E-state index in [9.17, 15) is 9.59 Å². The van der Waals surface area contributed by atoms with Crippen LogP contribution in [0.3, 0.4) is 0 Å². The van der Waals surface area contributed by atoms with Gasteiger partial charge in [-0.15, -0.1) is 11.3 Å². The number of anilines is 1. The third kappa shape index (κ3) is 3.44. The van der Waals surface area contributed by atoms with Crippen molar-refractivity contribution in [2.75, 3.05) is 12.4 Å². The van der Waals surface area contributed by atoms with Gasteiger partial charge in [0.25, 0.3) is 5.56 Å². The summed E-state index contributed by atoms with van der Waals surface area (Å²) in [6.07, 6.45) is -0.0368. The second-order valence-electron chi connectivity index (χ2n) is 5.73. The Morgan fingerprint density at radius 3 is 2.81 bits per heavy atom. The van der Waals surface area contributed by atoms with Crippen LogP contribution in [-0.2, 0) is 11.2 Å². The van der Waals surface area contributed by atoms with E-state index in [1.165, 1.54) is 15.9 Å². The van der Waals surface area contributed by atoms with Crippen LogP contribution < -0.4 is 15.6 Å². The van der Waals surface area contributed by atoms with Gasteiger partial charge in [0.2, 0.25) is 5.91 Å². The number of hydrogen-bond acceptors (Lipinski definition) is 6. The number of H-pyrrole nitrogens is 1. The Morgan fingerprint density at radius 2 is 2.11 bits per heavy atom. The lowest BCUT2D eigenvalue weighted by Gasteiger charge is -2.06. The molecule has 0 saturated carbocycles. The number of nitrogens with one attached hydrogen (secondary N) is 2. The SMILES string of the molecule is COc1ccc(NC(=O)Cc2n[nH]c(=O)c3cc(-c4cccs4)nn23)cc1. The average Bonchev–Trinajstić information content (AvgIpc) is 3.34. The lowest BCUT2D eigenvalue weighted by Crippen LogP contribution is -2.22. The Bertz CT molecular complexity index is 1150. The summed E-state index contributed by atoms with van der Waals surface area (Å²) < 4.78 is 6.51. The molecule has 0 bridgehead atoms. The van der Waals surface area contributed by atoms with Crippen LogP contribution >= 0.6 is 11.3 Å². The topological polar surface area (TPSA) is 101 Å². The summed E-state index contributed by atoms with van der Waals surface area (Å²) in [7, 11) is 1.58. The van der Waals surface area contributed by atoms with Gasteiger partial charge in [0.15, 0.2) is 5.82 Å². The molecule has 0 spiro atoms. The standard InChI is InChI=1S/C18H15N5O3S/c1-26-12-6-4-11(5-7-12)19-17(24)10-16-20-21-18(25)14-9-13(22-23(14)16)15-3-2-8-27-15/h2-9H,10H2,1H3,(H,19,24)(H,21,25). The van der Waals surface area contributed by atoms with E-state index in [2.05, 4.69) is 20.6 Å². The van der Waals surface area contributed by atoms with E-state index in [1.807, 2.05) is 17.5 Å². The van der Waals surface area contributed by atoms with Crippen LogP contribution in [0.4, 0.5) is 5.69 Å². The van der Waals surface area contributed by atoms with Gasteiger partial charge in [-0.05, 0) is 41.8 Å². The van der Waals surface area contributed by atoms with Gasteiger partial charge in [-0.1, -0.05) is 6.07 Å². The van der Waals surface area contributed by atoms with Crippen LogP contribution in [0.5, 0.6) is 5.75 Å². The first-order chi connectivity index (χ1) is 13.1. The van der Waals surface area contributed by atoms with E-state index in [0.717, 1.165) is 4.88 Å². The highest BCUT2D eigenvalue weighted by atomic mass is 32.1. The molecule has 0 fully saturated rings. The highest BCUT2D eigenvalue weighted by Gasteiger charge is 2.15. The lowest BCUT2D eigenvalue weighted by molar-refractivity contribution is -0.115. The Kier molecular flexibility index (Phi) is 4.43. The van der Waals surface area contributed by atoms with Crippen molar-refractivity contribution < 1.29 is 9.53 Å². The van der Waals surface area contributed by atoms with Crippen molar-refractivity contribution in [2.24, 2.45) is 0 Å². The fraction of sp³-hybridized carbons (Fsp3) is 0.111. The van der Waals surface area contributed by atoms with Crippen LogP contribution in [0, 0.1) is 0 Å². The maximum atomic E-state index is 12.4. The summed E-state index contributed by atoms with van der Waals surface area (Å²) in [5.41, 5.74) is 1.30. The Labute approximate surface area is 157 Å². The zero-order valence-electron chi connectivity index (χ0n) is 14.3. The van der Waals surface area contributed by atoms with Crippen LogP contribution in [0.25, 0.3) is 16.1 Å². The van der Waals surface area contributed by atoms with Crippen molar-refractivity contribution >= 4 is 28.4 Å². The quantitative estimate of drug-likeness (QED) is 0.552. The number of methoxy groups -OCH3 is 1. The molecular weight excluding hydrogens is 366 g/mol. The van der Waals surface area contributed by atoms with Crippen molar-refractivity contribution in [3.63, 3.8) is 0 Å². The number of carbonyl (C=O) groups excluding carboxylic acids is 1. The fourth-order valence-electron chi connectivity index (χ4n) is 2.64. The van der Waals surface area contributed by atoms with Gasteiger partial charge in [-0.2, -0.15) is 10.2 Å². The molecule has 1 aromatic carbocycles. The van der Waals surface area contributed by atoms with Crippen LogP contribution in [-0.4, -0.2) is 32.8 Å². The minimum atomic E-state index is -0.357. The molecule has 4 rings (SSSR count). The van der Waals surface area contributed by atoms with Gasteiger partial charge < -0.3 is 10.1 Å². The highest BCUT2D eigenvalue weighted by Crippen LogP contribution is 2.23. The van der Waals surface area contributed by atoms with E-state index in [-0.39, 0.29) is 17.9 Å². The minimum Gasteiger partial charge on any atom is -0.497 e. The third-order valence-corrected chi connectivity index (χ3v) is 4.83. The predicted octanol–water partition coefficient (Wildman–Crippen LogP) is 2.34. The van der Waals surface area contributed by atoms with Crippen molar-refractivity contribution in [3.8, 4) is 16.3 Å². The smallest absolute Gasteiger partial charge is 0.290 e. The van der Waals surface area contributed by atoms with Gasteiger partial charge >= 0.3 is 0 Å². The number of aromatic amines is 1. The number of thiophene rings is 1. The summed E-state index contributed by atoms with van der Waals surface area (Å²) in [4.78, 5) is 25.4. The largest absolute Gasteiger partial charge is 0.497 e. The monoisotopic (exact) mass is 381 g/mol. The number of carbonyl (C=O) groups is 1. The van der Waals surface area contributed by atoms with Crippen molar-refractivity contribution in [1.29, 1.82) is 0 Å². The molecule has 1 amide bonds. The molecular formula is C18H15N5O3S. The zero-order chi connectivity index (χ0) is 18.8. The number of benzene rings is 1. The molecule has 3 heterocycles. The molecule has 0 aliphatic heterocycles. The fourth-order valence-corrected chi connectivity index (χ4v) is 3.32. The third-order valence-electron chi connectivity index (χ3n) is 3.94. The second-order valence-corrected chi connectivity index (χ2v) is 6.67. The lowest BCUT2D eigenvalue weighted by atomic mass is 10.3. The van der Waals surface area contributed by atoms with E-state index >= 15 is 0 Å². The first-order valence-electron chi connectivity index (χ1n) is 8.09. The summed E-state index contributed by atoms with van der Waals surface area (Å²) in [6, 6.07) is 12.5. The van der Waals surface area contributed by atoms with Crippen LogP contribution in [0.15, 0.2) is 52.6 Å². The summed E-state index contributed by atoms with van der Waals surface area (Å²) >= 11 is 1.52. The number of fused-ring (bicyclic) bond motifs is 1. The molecule has 0 aliphatic rings.